The molecule has 13 aromatic rings. The number of ether oxygens (including phenoxy) is 1. The Bertz CT molecular complexity index is 4320. The zero-order chi connectivity index (χ0) is 52.0. The lowest BCUT2D eigenvalue weighted by Crippen LogP contribution is -2.28. The van der Waals surface area contributed by atoms with Gasteiger partial charge in [-0.3, -0.25) is 0 Å². The molecule has 0 aliphatic heterocycles. The van der Waals surface area contributed by atoms with Crippen LogP contribution in [0.4, 0.5) is 17.1 Å². The highest BCUT2D eigenvalue weighted by Gasteiger charge is 2.46. The van der Waals surface area contributed by atoms with Crippen LogP contribution in [-0.2, 0) is 5.41 Å². The van der Waals surface area contributed by atoms with E-state index in [1.165, 1.54) is 66.3 Å². The normalized spacial score (nSPS) is 13.5. The Hall–Kier alpha value is -10.2. The summed E-state index contributed by atoms with van der Waals surface area (Å²) in [5.41, 5.74) is 21.3. The first kappa shape index (κ1) is 46.3. The molecule has 1 aliphatic rings. The van der Waals surface area contributed by atoms with Crippen molar-refractivity contribution < 1.29 is 4.74 Å². The van der Waals surface area contributed by atoms with Gasteiger partial charge in [0.1, 0.15) is 11.5 Å². The predicted octanol–water partition coefficient (Wildman–Crippen LogP) is 20.1. The molecule has 0 saturated heterocycles. The van der Waals surface area contributed by atoms with Gasteiger partial charge in [0.25, 0.3) is 0 Å². The first-order chi connectivity index (χ1) is 38.6. The van der Waals surface area contributed by atoms with Crippen LogP contribution in [0, 0.1) is 0 Å². The number of para-hydroxylation sites is 3. The van der Waals surface area contributed by atoms with E-state index in [2.05, 4.69) is 289 Å². The Balaban J connectivity index is 0.938. The molecule has 1 unspecified atom stereocenters. The van der Waals surface area contributed by atoms with Gasteiger partial charge in [0.15, 0.2) is 0 Å². The Morgan fingerprint density at radius 2 is 0.872 bits per heavy atom. The highest BCUT2D eigenvalue weighted by atomic mass is 16.5. The molecule has 3 heteroatoms. The van der Waals surface area contributed by atoms with Gasteiger partial charge in [-0.15, -0.1) is 0 Å². The Morgan fingerprint density at radius 1 is 0.359 bits per heavy atom. The molecule has 78 heavy (non-hydrogen) atoms. The average Bonchev–Trinajstić information content (AvgIpc) is 4.18. The topological polar surface area (TPSA) is 17.4 Å². The number of fused-ring (bicyclic) bond motifs is 6. The van der Waals surface area contributed by atoms with Crippen molar-refractivity contribution in [2.75, 3.05) is 4.90 Å². The predicted molar refractivity (Wildman–Crippen MR) is 326 cm³/mol. The van der Waals surface area contributed by atoms with Crippen molar-refractivity contribution in [1.29, 1.82) is 0 Å². The Kier molecular flexibility index (Phi) is 11.6. The van der Waals surface area contributed by atoms with Gasteiger partial charge in [0.05, 0.1) is 22.1 Å². The minimum atomic E-state index is -0.696. The molecule has 0 bridgehead atoms. The lowest BCUT2D eigenvalue weighted by Gasteiger charge is -2.35. The van der Waals surface area contributed by atoms with Crippen molar-refractivity contribution in [1.82, 2.24) is 4.57 Å². The van der Waals surface area contributed by atoms with Crippen molar-refractivity contribution in [3.63, 3.8) is 0 Å². The molecule has 1 atom stereocenters. The molecule has 0 spiro atoms. The minimum Gasteiger partial charge on any atom is -0.457 e. The van der Waals surface area contributed by atoms with Gasteiger partial charge in [0.2, 0.25) is 0 Å². The van der Waals surface area contributed by atoms with Crippen LogP contribution in [0.5, 0.6) is 11.5 Å². The molecular weight excluding hydrogens is 945 g/mol. The second-order valence-corrected chi connectivity index (χ2v) is 20.1. The summed E-state index contributed by atoms with van der Waals surface area (Å²) in [5, 5.41) is 2.46. The van der Waals surface area contributed by atoms with Crippen molar-refractivity contribution in [3.8, 4) is 61.7 Å². The summed E-state index contributed by atoms with van der Waals surface area (Å²) in [6.45, 7) is 3.93. The molecule has 0 radical (unpaired) electrons. The number of hydrogen-bond acceptors (Lipinski definition) is 2. The highest BCUT2D eigenvalue weighted by Crippen LogP contribution is 2.58. The molecule has 368 valence electrons. The van der Waals surface area contributed by atoms with Crippen molar-refractivity contribution in [2.45, 2.75) is 5.41 Å². The molecule has 0 fully saturated rings. The standard InChI is InChI=1S/C75H52N2O/c1-2-52-30-44-63(45-31-52)78-64-46-39-59(40-47-64)75(58-37-32-54(33-38-58)53-18-6-3-7-19-53)70-27-15-12-25-66(70)67-48-43-62(51-71(67)75)76(72-28-16-13-24-65(72)56-20-8-4-9-21-56)61-41-34-55(35-42-61)57-36-49-74-69(50-57)68-26-14-17-29-73(68)77(74)60-22-10-5-11-23-60/h2-51H,1H2. The van der Waals surface area contributed by atoms with Gasteiger partial charge in [-0.2, -0.15) is 0 Å². The third-order valence-corrected chi connectivity index (χ3v) is 15.7. The fourth-order valence-corrected chi connectivity index (χ4v) is 12.1. The molecule has 3 nitrogen and oxygen atoms in total. The smallest absolute Gasteiger partial charge is 0.127 e. The molecule has 0 N–H and O–H groups in total. The molecule has 14 rings (SSSR count). The van der Waals surface area contributed by atoms with Crippen LogP contribution in [0.3, 0.4) is 0 Å². The molecule has 1 heterocycles. The van der Waals surface area contributed by atoms with Crippen LogP contribution in [0.25, 0.3) is 78.1 Å². The van der Waals surface area contributed by atoms with E-state index >= 15 is 0 Å². The SMILES string of the molecule is C=Cc1ccc(Oc2ccc(C3(c4ccc(-c5ccccc5)cc4)c4ccccc4-c4ccc(N(c5ccc(-c6ccc7c(c6)c6ccccc6n7-c6ccccc6)cc5)c5ccccc5-c5ccccc5)cc43)cc2)cc1. The van der Waals surface area contributed by atoms with E-state index in [-0.39, 0.29) is 0 Å². The van der Waals surface area contributed by atoms with E-state index in [1.807, 2.05) is 30.3 Å². The van der Waals surface area contributed by atoms with E-state index < -0.39 is 5.41 Å². The van der Waals surface area contributed by atoms with E-state index in [9.17, 15) is 0 Å². The van der Waals surface area contributed by atoms with Crippen LogP contribution in [0.2, 0.25) is 0 Å². The van der Waals surface area contributed by atoms with Crippen molar-refractivity contribution in [2.24, 2.45) is 0 Å². The summed E-state index contributed by atoms with van der Waals surface area (Å²) >= 11 is 0. The zero-order valence-electron chi connectivity index (χ0n) is 42.9. The molecule has 0 amide bonds. The van der Waals surface area contributed by atoms with Crippen LogP contribution in [-0.4, -0.2) is 4.57 Å². The average molecular weight is 997 g/mol. The van der Waals surface area contributed by atoms with E-state index in [4.69, 9.17) is 4.74 Å². The van der Waals surface area contributed by atoms with E-state index in [1.54, 1.807) is 0 Å². The van der Waals surface area contributed by atoms with Crippen LogP contribution in [0.15, 0.2) is 304 Å². The molecular formula is C75H52N2O. The number of rotatable bonds is 12. The number of hydrogen-bond donors (Lipinski definition) is 0. The number of nitrogens with zero attached hydrogens (tertiary/aromatic N) is 2. The minimum absolute atomic E-state index is 0.696. The monoisotopic (exact) mass is 996 g/mol. The quantitative estimate of drug-likeness (QED) is 0.121. The first-order valence-electron chi connectivity index (χ1n) is 26.7. The van der Waals surface area contributed by atoms with Gasteiger partial charge in [-0.1, -0.05) is 225 Å². The number of aromatic nitrogens is 1. The molecule has 1 aliphatic carbocycles. The zero-order valence-corrected chi connectivity index (χ0v) is 42.9. The summed E-state index contributed by atoms with van der Waals surface area (Å²) in [7, 11) is 0. The summed E-state index contributed by atoms with van der Waals surface area (Å²) < 4.78 is 8.85. The summed E-state index contributed by atoms with van der Waals surface area (Å²) in [6, 6.07) is 108. The first-order valence-corrected chi connectivity index (χ1v) is 26.7. The second-order valence-electron chi connectivity index (χ2n) is 20.1. The molecule has 12 aromatic carbocycles. The maximum absolute atomic E-state index is 6.48. The largest absolute Gasteiger partial charge is 0.457 e. The summed E-state index contributed by atoms with van der Waals surface area (Å²) in [4.78, 5) is 2.45. The summed E-state index contributed by atoms with van der Waals surface area (Å²) in [5.74, 6) is 1.55. The van der Waals surface area contributed by atoms with Crippen LogP contribution in [0.1, 0.15) is 27.8 Å². The summed E-state index contributed by atoms with van der Waals surface area (Å²) in [6.07, 6.45) is 1.85. The third-order valence-electron chi connectivity index (χ3n) is 15.7. The van der Waals surface area contributed by atoms with Gasteiger partial charge >= 0.3 is 0 Å². The molecule has 1 aromatic heterocycles. The second kappa shape index (κ2) is 19.5. The highest BCUT2D eigenvalue weighted by molar-refractivity contribution is 6.10. The van der Waals surface area contributed by atoms with Crippen LogP contribution >= 0.6 is 0 Å². The maximum Gasteiger partial charge on any atom is 0.127 e. The lowest BCUT2D eigenvalue weighted by atomic mass is 9.67. The Morgan fingerprint density at radius 3 is 1.59 bits per heavy atom. The van der Waals surface area contributed by atoms with Gasteiger partial charge in [0, 0.05) is 33.4 Å². The fourth-order valence-electron chi connectivity index (χ4n) is 12.1. The third kappa shape index (κ3) is 7.91. The Labute approximate surface area is 455 Å². The van der Waals surface area contributed by atoms with Gasteiger partial charge in [-0.05, 0) is 152 Å². The number of anilines is 3. The van der Waals surface area contributed by atoms with Crippen molar-refractivity contribution in [3.05, 3.63) is 332 Å². The fraction of sp³-hybridized carbons (Fsp3) is 0.0133. The van der Waals surface area contributed by atoms with Crippen molar-refractivity contribution >= 4 is 44.9 Å². The van der Waals surface area contributed by atoms with E-state index in [0.717, 1.165) is 62.1 Å². The number of benzene rings is 12. The molecule has 0 saturated carbocycles. The van der Waals surface area contributed by atoms with Gasteiger partial charge in [-0.25, -0.2) is 0 Å². The van der Waals surface area contributed by atoms with Gasteiger partial charge < -0.3 is 14.2 Å². The maximum atomic E-state index is 6.48. The lowest BCUT2D eigenvalue weighted by molar-refractivity contribution is 0.482. The van der Waals surface area contributed by atoms with Crippen LogP contribution < -0.4 is 9.64 Å². The van der Waals surface area contributed by atoms with E-state index in [0.29, 0.717) is 0 Å².